The van der Waals surface area contributed by atoms with E-state index < -0.39 is 67.5 Å². The van der Waals surface area contributed by atoms with Crippen LogP contribution in [-0.2, 0) is 35.0 Å². The Morgan fingerprint density at radius 1 is 1.10 bits per heavy atom. The van der Waals surface area contributed by atoms with Crippen LogP contribution in [0, 0.1) is 11.8 Å². The molecule has 6 N–H and O–H groups in total. The summed E-state index contributed by atoms with van der Waals surface area (Å²) in [7, 11) is 1.21. The highest BCUT2D eigenvalue weighted by Crippen LogP contribution is 2.37. The van der Waals surface area contributed by atoms with Crippen molar-refractivity contribution < 1.29 is 59.2 Å². The van der Waals surface area contributed by atoms with Gasteiger partial charge in [0.25, 0.3) is 0 Å². The monoisotopic (exact) mass is 578 g/mol. The van der Waals surface area contributed by atoms with E-state index in [1.807, 2.05) is 0 Å². The molecule has 0 saturated carbocycles. The molecule has 0 aromatic heterocycles. The van der Waals surface area contributed by atoms with Crippen LogP contribution in [0.4, 0.5) is 0 Å². The van der Waals surface area contributed by atoms with Gasteiger partial charge in [0.1, 0.15) is 30.2 Å². The Morgan fingerprint density at radius 2 is 1.80 bits per heavy atom. The molecule has 9 atom stereocenters. The van der Waals surface area contributed by atoms with Crippen LogP contribution in [-0.4, -0.2) is 99.2 Å². The van der Waals surface area contributed by atoms with Crippen LogP contribution in [0.3, 0.4) is 0 Å². The van der Waals surface area contributed by atoms with Crippen LogP contribution in [0.5, 0.6) is 5.75 Å². The summed E-state index contributed by atoms with van der Waals surface area (Å²) in [6.07, 6.45) is -3.13. The van der Waals surface area contributed by atoms with Gasteiger partial charge in [0, 0.05) is 18.3 Å². The smallest absolute Gasteiger partial charge is 0.337 e. The molecule has 9 unspecified atom stereocenters. The van der Waals surface area contributed by atoms with E-state index in [9.17, 15) is 40.2 Å². The van der Waals surface area contributed by atoms with Crippen LogP contribution in [0.2, 0.25) is 0 Å². The number of ether oxygens (including phenoxy) is 4. The second-order valence-electron chi connectivity index (χ2n) is 9.99. The van der Waals surface area contributed by atoms with Gasteiger partial charge in [-0.2, -0.15) is 0 Å². The first kappa shape index (κ1) is 32.4. The second kappa shape index (κ2) is 15.2. The Bertz CT molecular complexity index is 1080. The predicted octanol–water partition coefficient (Wildman–Crippen LogP) is 0.239. The normalized spacial score (nSPS) is 30.7. The number of rotatable bonds is 13. The minimum Gasteiger partial charge on any atom is -0.508 e. The van der Waals surface area contributed by atoms with E-state index in [0.29, 0.717) is 12.8 Å². The molecule has 0 bridgehead atoms. The molecule has 1 aromatic carbocycles. The molecule has 3 rings (SSSR count). The number of aliphatic hydroxyl groups is 5. The lowest BCUT2D eigenvalue weighted by Crippen LogP contribution is -2.60. The van der Waals surface area contributed by atoms with E-state index in [1.165, 1.54) is 19.3 Å². The highest BCUT2D eigenvalue weighted by molar-refractivity contribution is 5.90. The quantitative estimate of drug-likeness (QED) is 0.106. The largest absolute Gasteiger partial charge is 0.508 e. The number of allylic oxidation sites excluding steroid dienone is 2. The van der Waals surface area contributed by atoms with E-state index in [-0.39, 0.29) is 29.9 Å². The molecule has 0 amide bonds. The van der Waals surface area contributed by atoms with Crippen molar-refractivity contribution in [3.8, 4) is 5.75 Å². The number of hydrogen-bond acceptors (Lipinski definition) is 12. The zero-order valence-corrected chi connectivity index (χ0v) is 22.7. The maximum absolute atomic E-state index is 12.5. The summed E-state index contributed by atoms with van der Waals surface area (Å²) in [6, 6.07) is 6.60. The van der Waals surface area contributed by atoms with Crippen LogP contribution in [0.15, 0.2) is 60.9 Å². The van der Waals surface area contributed by atoms with Crippen molar-refractivity contribution in [2.24, 2.45) is 11.8 Å². The van der Waals surface area contributed by atoms with E-state index >= 15 is 0 Å². The highest BCUT2D eigenvalue weighted by atomic mass is 16.8. The van der Waals surface area contributed by atoms with Crippen molar-refractivity contribution in [1.29, 1.82) is 0 Å². The minimum absolute atomic E-state index is 0.101. The summed E-state index contributed by atoms with van der Waals surface area (Å²) >= 11 is 0. The zero-order valence-electron chi connectivity index (χ0n) is 22.7. The number of aliphatic hydroxyl groups excluding tert-OH is 5. The predicted molar refractivity (Wildman–Crippen MR) is 143 cm³/mol. The number of esters is 1. The van der Waals surface area contributed by atoms with Gasteiger partial charge in [-0.05, 0) is 43.0 Å². The Kier molecular flexibility index (Phi) is 12.0. The Hall–Kier alpha value is -3.10. The fourth-order valence-corrected chi connectivity index (χ4v) is 4.77. The minimum atomic E-state index is -1.66. The van der Waals surface area contributed by atoms with Gasteiger partial charge in [-0.25, -0.2) is 4.79 Å². The summed E-state index contributed by atoms with van der Waals surface area (Å²) in [4.78, 5) is 25.0. The standard InChI is InChI=1S/C29H38O12/c1-3-20-21(6-4-5-18(32)13-19(33)12-9-16-7-10-17(31)11-8-16)22(27(37)38-2)15-39-28(20)41-29-26(36)25(35)24(34)23(14-30)40-29/h3-5,7-8,10-11,15,19-21,23-26,28-31,33-36H,1,6,9,12-14H2,2H3. The average Bonchev–Trinajstić information content (AvgIpc) is 2.96. The maximum Gasteiger partial charge on any atom is 0.337 e. The number of carbonyl (C=O) groups excluding carboxylic acids is 2. The van der Waals surface area contributed by atoms with Crippen molar-refractivity contribution in [2.75, 3.05) is 13.7 Å². The molecule has 2 aliphatic rings. The lowest BCUT2D eigenvalue weighted by molar-refractivity contribution is -0.339. The molecule has 1 fully saturated rings. The van der Waals surface area contributed by atoms with Gasteiger partial charge in [0.15, 0.2) is 12.1 Å². The van der Waals surface area contributed by atoms with Crippen molar-refractivity contribution in [3.05, 3.63) is 66.5 Å². The molecular weight excluding hydrogens is 540 g/mol. The Morgan fingerprint density at radius 3 is 2.44 bits per heavy atom. The average molecular weight is 579 g/mol. The summed E-state index contributed by atoms with van der Waals surface area (Å²) in [5, 5.41) is 59.5. The van der Waals surface area contributed by atoms with E-state index in [4.69, 9.17) is 18.9 Å². The third-order valence-electron chi connectivity index (χ3n) is 7.15. The first-order valence-corrected chi connectivity index (χ1v) is 13.3. The summed E-state index contributed by atoms with van der Waals surface area (Å²) < 4.78 is 21.6. The van der Waals surface area contributed by atoms with Crippen molar-refractivity contribution in [1.82, 2.24) is 0 Å². The summed E-state index contributed by atoms with van der Waals surface area (Å²) in [5.74, 6) is -2.18. The van der Waals surface area contributed by atoms with E-state index in [1.54, 1.807) is 30.3 Å². The van der Waals surface area contributed by atoms with Crippen molar-refractivity contribution in [3.63, 3.8) is 0 Å². The van der Waals surface area contributed by atoms with Gasteiger partial charge in [-0.1, -0.05) is 24.3 Å². The van der Waals surface area contributed by atoms with Gasteiger partial charge in [0.2, 0.25) is 6.29 Å². The van der Waals surface area contributed by atoms with Crippen LogP contribution < -0.4 is 0 Å². The van der Waals surface area contributed by atoms with Crippen molar-refractivity contribution >= 4 is 11.8 Å². The van der Waals surface area contributed by atoms with Crippen LogP contribution in [0.25, 0.3) is 0 Å². The molecular formula is C29H38O12. The number of aromatic hydroxyl groups is 1. The SMILES string of the molecule is C=CC1C(OC2OC(CO)C(O)C(O)C2O)OC=C(C(=O)OC)C1CC=CC(=O)CC(O)CCc1ccc(O)cc1. The van der Waals surface area contributed by atoms with Crippen molar-refractivity contribution in [2.45, 2.75) is 68.8 Å². The van der Waals surface area contributed by atoms with E-state index in [0.717, 1.165) is 11.8 Å². The number of hydrogen-bond donors (Lipinski definition) is 6. The number of ketones is 1. The molecule has 12 nitrogen and oxygen atoms in total. The fraction of sp³-hybridized carbons (Fsp3) is 0.517. The molecule has 2 aliphatic heterocycles. The first-order chi connectivity index (χ1) is 19.6. The third kappa shape index (κ3) is 8.46. The van der Waals surface area contributed by atoms with E-state index in [2.05, 4.69) is 6.58 Å². The Balaban J connectivity index is 1.64. The number of aryl methyl sites for hydroxylation is 1. The van der Waals surface area contributed by atoms with Gasteiger partial charge in [-0.15, -0.1) is 6.58 Å². The topological polar surface area (TPSA) is 192 Å². The number of phenolic OH excluding ortho intramolecular Hbond substituents is 1. The second-order valence-corrected chi connectivity index (χ2v) is 9.99. The van der Waals surface area contributed by atoms with Gasteiger partial charge in [-0.3, -0.25) is 4.79 Å². The molecule has 12 heteroatoms. The highest BCUT2D eigenvalue weighted by Gasteiger charge is 2.47. The van der Waals surface area contributed by atoms with Crippen LogP contribution in [0.1, 0.15) is 24.8 Å². The molecule has 0 radical (unpaired) electrons. The fourth-order valence-electron chi connectivity index (χ4n) is 4.77. The molecule has 1 aromatic rings. The molecule has 0 spiro atoms. The number of carbonyl (C=O) groups is 2. The number of benzene rings is 1. The molecule has 226 valence electrons. The molecule has 0 aliphatic carbocycles. The first-order valence-electron chi connectivity index (χ1n) is 13.3. The molecule has 41 heavy (non-hydrogen) atoms. The lowest BCUT2D eigenvalue weighted by Gasteiger charge is -2.43. The van der Waals surface area contributed by atoms with Gasteiger partial charge in [0.05, 0.1) is 31.7 Å². The molecule has 1 saturated heterocycles. The number of methoxy groups -OCH3 is 1. The van der Waals surface area contributed by atoms with Gasteiger partial charge >= 0.3 is 5.97 Å². The lowest BCUT2D eigenvalue weighted by atomic mass is 9.81. The third-order valence-corrected chi connectivity index (χ3v) is 7.15. The summed E-state index contributed by atoms with van der Waals surface area (Å²) in [5.41, 5.74) is 1.07. The summed E-state index contributed by atoms with van der Waals surface area (Å²) in [6.45, 7) is 3.16. The maximum atomic E-state index is 12.5. The van der Waals surface area contributed by atoms with Gasteiger partial charge < -0.3 is 49.6 Å². The number of phenols is 1. The Labute approximate surface area is 237 Å². The van der Waals surface area contributed by atoms with Crippen LogP contribution >= 0.6 is 0 Å². The molecule has 2 heterocycles. The zero-order chi connectivity index (χ0) is 30.1.